The maximum atomic E-state index is 11.5. The van der Waals surface area contributed by atoms with Gasteiger partial charge >= 0.3 is 5.97 Å². The number of carbonyl (C=O) groups is 2. The predicted molar refractivity (Wildman–Crippen MR) is 75.4 cm³/mol. The third kappa shape index (κ3) is 3.29. The van der Waals surface area contributed by atoms with Gasteiger partial charge in [0.1, 0.15) is 12.4 Å². The predicted octanol–water partition coefficient (Wildman–Crippen LogP) is 2.04. The van der Waals surface area contributed by atoms with Gasteiger partial charge < -0.3 is 14.4 Å². The number of esters is 1. The lowest BCUT2D eigenvalue weighted by molar-refractivity contribution is -0.142. The lowest BCUT2D eigenvalue weighted by atomic mass is 10.1. The molecule has 1 heterocycles. The Bertz CT molecular complexity index is 513. The van der Waals surface area contributed by atoms with Crippen molar-refractivity contribution in [2.45, 2.75) is 20.3 Å². The number of fused-ring (bicyclic) bond motifs is 1. The molecule has 1 aliphatic heterocycles. The maximum absolute atomic E-state index is 11.5. The largest absolute Gasteiger partial charge is 0.490 e. The summed E-state index contributed by atoms with van der Waals surface area (Å²) in [5, 5.41) is 0. The Morgan fingerprint density at radius 1 is 1.40 bits per heavy atom. The van der Waals surface area contributed by atoms with Crippen LogP contribution in [0.25, 0.3) is 0 Å². The summed E-state index contributed by atoms with van der Waals surface area (Å²) in [6.07, 6.45) is 0.331. The van der Waals surface area contributed by atoms with Crippen molar-refractivity contribution in [3.05, 3.63) is 23.8 Å². The van der Waals surface area contributed by atoms with Crippen LogP contribution in [0, 0.1) is 0 Å². The Kier molecular flexibility index (Phi) is 4.61. The Morgan fingerprint density at radius 2 is 2.20 bits per heavy atom. The molecule has 0 radical (unpaired) electrons. The quantitative estimate of drug-likeness (QED) is 0.609. The molecule has 0 spiro atoms. The molecule has 1 aromatic rings. The standard InChI is InChI=1S/C15H19NO4/c1-3-19-15(18)6-7-16-8-9-20-14-5-4-12(11(2)17)10-13(14)16/h4-5,10H,3,6-9H2,1-2H3. The fraction of sp³-hybridized carbons (Fsp3) is 0.467. The van der Waals surface area contributed by atoms with Gasteiger partial charge in [0.15, 0.2) is 5.78 Å². The van der Waals surface area contributed by atoms with Crippen LogP contribution in [-0.2, 0) is 9.53 Å². The molecule has 0 saturated carbocycles. The molecule has 2 rings (SSSR count). The number of carbonyl (C=O) groups excluding carboxylic acids is 2. The number of ether oxygens (including phenoxy) is 2. The molecule has 0 N–H and O–H groups in total. The van der Waals surface area contributed by atoms with E-state index in [1.165, 1.54) is 6.92 Å². The molecular weight excluding hydrogens is 258 g/mol. The van der Waals surface area contributed by atoms with Gasteiger partial charge in [-0.15, -0.1) is 0 Å². The smallest absolute Gasteiger partial charge is 0.307 e. The highest BCUT2D eigenvalue weighted by molar-refractivity contribution is 5.95. The number of rotatable bonds is 5. The van der Waals surface area contributed by atoms with Gasteiger partial charge in [0.2, 0.25) is 0 Å². The van der Waals surface area contributed by atoms with Crippen molar-refractivity contribution in [3.8, 4) is 5.75 Å². The topological polar surface area (TPSA) is 55.8 Å². The van der Waals surface area contributed by atoms with E-state index in [-0.39, 0.29) is 11.8 Å². The average Bonchev–Trinajstić information content (AvgIpc) is 2.44. The summed E-state index contributed by atoms with van der Waals surface area (Å²) in [6, 6.07) is 5.39. The lowest BCUT2D eigenvalue weighted by Crippen LogP contribution is -2.34. The summed E-state index contributed by atoms with van der Waals surface area (Å²) in [6.45, 7) is 5.57. The summed E-state index contributed by atoms with van der Waals surface area (Å²) in [7, 11) is 0. The van der Waals surface area contributed by atoms with E-state index in [0.717, 1.165) is 11.4 Å². The number of anilines is 1. The van der Waals surface area contributed by atoms with E-state index in [9.17, 15) is 9.59 Å². The molecule has 1 aromatic carbocycles. The molecule has 20 heavy (non-hydrogen) atoms. The first-order chi connectivity index (χ1) is 9.61. The van der Waals surface area contributed by atoms with E-state index in [0.29, 0.717) is 38.3 Å². The van der Waals surface area contributed by atoms with Gasteiger partial charge in [-0.05, 0) is 32.0 Å². The minimum Gasteiger partial charge on any atom is -0.490 e. The van der Waals surface area contributed by atoms with Gasteiger partial charge in [-0.25, -0.2) is 0 Å². The third-order valence-electron chi connectivity index (χ3n) is 3.22. The Balaban J connectivity index is 2.12. The molecule has 0 amide bonds. The third-order valence-corrected chi connectivity index (χ3v) is 3.22. The summed E-state index contributed by atoms with van der Waals surface area (Å²) in [5.41, 5.74) is 1.52. The van der Waals surface area contributed by atoms with Crippen molar-refractivity contribution < 1.29 is 19.1 Å². The van der Waals surface area contributed by atoms with E-state index >= 15 is 0 Å². The second kappa shape index (κ2) is 6.41. The van der Waals surface area contributed by atoms with Crippen LogP contribution < -0.4 is 9.64 Å². The van der Waals surface area contributed by atoms with Crippen molar-refractivity contribution in [2.24, 2.45) is 0 Å². The molecule has 0 aromatic heterocycles. The molecule has 0 atom stereocenters. The van der Waals surface area contributed by atoms with Crippen LogP contribution in [0.4, 0.5) is 5.69 Å². The lowest BCUT2D eigenvalue weighted by Gasteiger charge is -2.31. The Morgan fingerprint density at radius 3 is 2.90 bits per heavy atom. The van der Waals surface area contributed by atoms with Crippen LogP contribution in [0.1, 0.15) is 30.6 Å². The van der Waals surface area contributed by atoms with Crippen LogP contribution >= 0.6 is 0 Å². The number of hydrogen-bond donors (Lipinski definition) is 0. The van der Waals surface area contributed by atoms with Crippen molar-refractivity contribution in [2.75, 3.05) is 31.2 Å². The van der Waals surface area contributed by atoms with E-state index in [1.54, 1.807) is 13.0 Å². The van der Waals surface area contributed by atoms with Crippen LogP contribution in [0.3, 0.4) is 0 Å². The number of ketones is 1. The van der Waals surface area contributed by atoms with E-state index in [1.807, 2.05) is 12.1 Å². The summed E-state index contributed by atoms with van der Waals surface area (Å²) in [4.78, 5) is 25.0. The highest BCUT2D eigenvalue weighted by Gasteiger charge is 2.20. The van der Waals surface area contributed by atoms with Gasteiger partial charge in [0.05, 0.1) is 25.3 Å². The summed E-state index contributed by atoms with van der Waals surface area (Å²) < 4.78 is 10.5. The molecule has 5 nitrogen and oxygen atoms in total. The monoisotopic (exact) mass is 277 g/mol. The van der Waals surface area contributed by atoms with Crippen LogP contribution in [0.5, 0.6) is 5.75 Å². The number of Topliss-reactive ketones (excluding diaryl/α,β-unsaturated/α-hetero) is 1. The number of nitrogens with zero attached hydrogens (tertiary/aromatic N) is 1. The van der Waals surface area contributed by atoms with Gasteiger partial charge in [0.25, 0.3) is 0 Å². The van der Waals surface area contributed by atoms with Crippen molar-refractivity contribution in [1.82, 2.24) is 0 Å². The Hall–Kier alpha value is -2.04. The normalized spacial score (nSPS) is 13.4. The van der Waals surface area contributed by atoms with Gasteiger partial charge in [0, 0.05) is 12.1 Å². The zero-order chi connectivity index (χ0) is 14.5. The first-order valence-electron chi connectivity index (χ1n) is 6.80. The first kappa shape index (κ1) is 14.4. The summed E-state index contributed by atoms with van der Waals surface area (Å²) >= 11 is 0. The molecule has 108 valence electrons. The van der Waals surface area contributed by atoms with Crippen LogP contribution in [-0.4, -0.2) is 38.1 Å². The molecule has 0 fully saturated rings. The first-order valence-corrected chi connectivity index (χ1v) is 6.80. The zero-order valence-electron chi connectivity index (χ0n) is 11.8. The highest BCUT2D eigenvalue weighted by Crippen LogP contribution is 2.32. The average molecular weight is 277 g/mol. The molecule has 0 bridgehead atoms. The molecule has 1 aliphatic rings. The fourth-order valence-corrected chi connectivity index (χ4v) is 2.18. The van der Waals surface area contributed by atoms with Gasteiger partial charge in [-0.1, -0.05) is 0 Å². The van der Waals surface area contributed by atoms with Gasteiger partial charge in [-0.3, -0.25) is 9.59 Å². The number of hydrogen-bond acceptors (Lipinski definition) is 5. The summed E-state index contributed by atoms with van der Waals surface area (Å²) in [5.74, 6) is 0.567. The maximum Gasteiger partial charge on any atom is 0.307 e. The molecular formula is C15H19NO4. The molecule has 5 heteroatoms. The minimum atomic E-state index is -0.205. The molecule has 0 aliphatic carbocycles. The van der Waals surface area contributed by atoms with Crippen LogP contribution in [0.2, 0.25) is 0 Å². The fourth-order valence-electron chi connectivity index (χ4n) is 2.18. The van der Waals surface area contributed by atoms with Gasteiger partial charge in [-0.2, -0.15) is 0 Å². The van der Waals surface area contributed by atoms with E-state index in [4.69, 9.17) is 9.47 Å². The molecule has 0 saturated heterocycles. The SMILES string of the molecule is CCOC(=O)CCN1CCOc2ccc(C(C)=O)cc21. The van der Waals surface area contributed by atoms with Crippen molar-refractivity contribution in [1.29, 1.82) is 0 Å². The zero-order valence-corrected chi connectivity index (χ0v) is 11.8. The van der Waals surface area contributed by atoms with E-state index < -0.39 is 0 Å². The second-order valence-corrected chi connectivity index (χ2v) is 4.63. The number of benzene rings is 1. The minimum absolute atomic E-state index is 0.0173. The second-order valence-electron chi connectivity index (χ2n) is 4.63. The van der Waals surface area contributed by atoms with Crippen molar-refractivity contribution in [3.63, 3.8) is 0 Å². The van der Waals surface area contributed by atoms with E-state index in [2.05, 4.69) is 4.90 Å². The highest BCUT2D eigenvalue weighted by atomic mass is 16.5. The Labute approximate surface area is 118 Å². The van der Waals surface area contributed by atoms with Crippen molar-refractivity contribution >= 4 is 17.4 Å². The van der Waals surface area contributed by atoms with Crippen LogP contribution in [0.15, 0.2) is 18.2 Å². The molecule has 0 unspecified atom stereocenters.